The summed E-state index contributed by atoms with van der Waals surface area (Å²) in [4.78, 5) is 32.6. The Labute approximate surface area is 218 Å². The highest BCUT2D eigenvalue weighted by Crippen LogP contribution is 2.27. The van der Waals surface area contributed by atoms with Gasteiger partial charge in [0.05, 0.1) is 11.2 Å². The fourth-order valence-corrected chi connectivity index (χ4v) is 4.64. The number of carbonyl (C=O) groups is 1. The number of anilines is 1. The highest BCUT2D eigenvalue weighted by atomic mass is 35.5. The number of carboxylic acids is 1. The summed E-state index contributed by atoms with van der Waals surface area (Å²) in [5.74, 6) is -0.745. The van der Waals surface area contributed by atoms with Crippen molar-refractivity contribution in [2.24, 2.45) is 0 Å². The van der Waals surface area contributed by atoms with Gasteiger partial charge in [0.25, 0.3) is 0 Å². The fraction of sp³-hybridized carbons (Fsp3) is 0.308. The van der Waals surface area contributed by atoms with Gasteiger partial charge in [-0.05, 0) is 24.6 Å². The molecule has 5 rings (SSSR count). The van der Waals surface area contributed by atoms with Gasteiger partial charge >= 0.3 is 5.97 Å². The molecule has 11 heteroatoms. The summed E-state index contributed by atoms with van der Waals surface area (Å²) in [6, 6.07) is 10.9. The van der Waals surface area contributed by atoms with Gasteiger partial charge in [0.2, 0.25) is 17.1 Å². The molecule has 0 radical (unpaired) electrons. The molecule has 0 amide bonds. The molecule has 0 saturated carbocycles. The highest BCUT2D eigenvalue weighted by Gasteiger charge is 2.22. The van der Waals surface area contributed by atoms with Gasteiger partial charge in [-0.3, -0.25) is 9.69 Å². The molecule has 1 saturated heterocycles. The summed E-state index contributed by atoms with van der Waals surface area (Å²) < 4.78 is 21.8. The molecule has 1 fully saturated rings. The maximum Gasteiger partial charge on any atom is 0.341 e. The van der Waals surface area contributed by atoms with E-state index < -0.39 is 17.2 Å². The zero-order valence-electron chi connectivity index (χ0n) is 20.5. The van der Waals surface area contributed by atoms with Gasteiger partial charge in [-0.25, -0.2) is 9.18 Å². The predicted molar refractivity (Wildman–Crippen MR) is 140 cm³/mol. The van der Waals surface area contributed by atoms with Crippen LogP contribution < -0.4 is 10.3 Å². The number of piperazine rings is 1. The van der Waals surface area contributed by atoms with Crippen molar-refractivity contribution in [2.45, 2.75) is 26.9 Å². The Kier molecular flexibility index (Phi) is 7.60. The van der Waals surface area contributed by atoms with E-state index in [2.05, 4.69) is 15.0 Å². The molecule has 1 aliphatic heterocycles. The monoisotopic (exact) mass is 527 g/mol. The van der Waals surface area contributed by atoms with Crippen LogP contribution in [-0.2, 0) is 13.1 Å². The summed E-state index contributed by atoms with van der Waals surface area (Å²) >= 11 is 0. The Morgan fingerprint density at radius 1 is 1.14 bits per heavy atom. The summed E-state index contributed by atoms with van der Waals surface area (Å²) in [5.41, 5.74) is 1.98. The Morgan fingerprint density at radius 2 is 1.84 bits per heavy atom. The van der Waals surface area contributed by atoms with Crippen molar-refractivity contribution in [2.75, 3.05) is 31.1 Å². The number of halogens is 2. The van der Waals surface area contributed by atoms with E-state index in [1.165, 1.54) is 12.3 Å². The van der Waals surface area contributed by atoms with Crippen molar-refractivity contribution in [3.8, 4) is 11.4 Å². The topological polar surface area (TPSA) is 105 Å². The number of fused-ring (bicyclic) bond motifs is 1. The van der Waals surface area contributed by atoms with Crippen LogP contribution in [0.2, 0.25) is 0 Å². The number of benzene rings is 2. The Morgan fingerprint density at radius 3 is 2.43 bits per heavy atom. The number of hydrogen-bond acceptors (Lipinski definition) is 7. The molecule has 0 unspecified atom stereocenters. The van der Waals surface area contributed by atoms with Gasteiger partial charge in [0.15, 0.2) is 0 Å². The Balaban J connectivity index is 0.00000320. The molecule has 0 atom stereocenters. The highest BCUT2D eigenvalue weighted by molar-refractivity contribution is 5.93. The standard InChI is InChI=1S/C26H26FN5O4.ClH/c1-3-31-15-20(26(34)35)24(33)19-12-21(27)23(13-22(19)31)32-10-8-30(9-11-32)14-17-4-6-18(7-5-17)25-28-16(2)36-29-25;/h4-7,12-13,15H,3,8-11,14H2,1-2H3,(H,34,35);1H. The second-order valence-corrected chi connectivity index (χ2v) is 8.88. The first kappa shape index (κ1) is 26.3. The van der Waals surface area contributed by atoms with E-state index in [0.717, 1.165) is 30.8 Å². The smallest absolute Gasteiger partial charge is 0.341 e. The van der Waals surface area contributed by atoms with E-state index in [1.54, 1.807) is 17.6 Å². The van der Waals surface area contributed by atoms with E-state index in [0.29, 0.717) is 42.6 Å². The van der Waals surface area contributed by atoms with Gasteiger partial charge in [0, 0.05) is 63.3 Å². The molecular weight excluding hydrogens is 501 g/mol. The summed E-state index contributed by atoms with van der Waals surface area (Å²) in [6.07, 6.45) is 1.33. The molecule has 3 heterocycles. The normalized spacial score (nSPS) is 14.1. The average molecular weight is 528 g/mol. The molecular formula is C26H27ClFN5O4. The average Bonchev–Trinajstić information content (AvgIpc) is 3.31. The lowest BCUT2D eigenvalue weighted by molar-refractivity contribution is 0.0695. The van der Waals surface area contributed by atoms with E-state index >= 15 is 4.39 Å². The molecule has 194 valence electrons. The van der Waals surface area contributed by atoms with Gasteiger partial charge in [0.1, 0.15) is 11.4 Å². The van der Waals surface area contributed by atoms with Crippen molar-refractivity contribution in [3.63, 3.8) is 0 Å². The number of hydrogen-bond donors (Lipinski definition) is 1. The first-order chi connectivity index (χ1) is 17.3. The van der Waals surface area contributed by atoms with Crippen LogP contribution in [0.3, 0.4) is 0 Å². The van der Waals surface area contributed by atoms with E-state index in [-0.39, 0.29) is 23.4 Å². The van der Waals surface area contributed by atoms with Gasteiger partial charge in [-0.15, -0.1) is 12.4 Å². The van der Waals surface area contributed by atoms with Crippen molar-refractivity contribution in [1.29, 1.82) is 0 Å². The van der Waals surface area contributed by atoms with Crippen LogP contribution in [0.5, 0.6) is 0 Å². The zero-order valence-corrected chi connectivity index (χ0v) is 21.3. The predicted octanol–water partition coefficient (Wildman–Crippen LogP) is 3.96. The first-order valence-electron chi connectivity index (χ1n) is 11.8. The van der Waals surface area contributed by atoms with Gasteiger partial charge in [-0.2, -0.15) is 4.98 Å². The number of aromatic carboxylic acids is 1. The second kappa shape index (κ2) is 10.7. The van der Waals surface area contributed by atoms with E-state index in [4.69, 9.17) is 4.52 Å². The van der Waals surface area contributed by atoms with Gasteiger partial charge < -0.3 is 19.1 Å². The Bertz CT molecular complexity index is 1490. The van der Waals surface area contributed by atoms with Crippen LogP contribution >= 0.6 is 12.4 Å². The summed E-state index contributed by atoms with van der Waals surface area (Å²) in [6.45, 7) is 7.61. The lowest BCUT2D eigenvalue weighted by Crippen LogP contribution is -2.46. The summed E-state index contributed by atoms with van der Waals surface area (Å²) in [5, 5.41) is 13.4. The number of aromatic nitrogens is 3. The largest absolute Gasteiger partial charge is 0.477 e. The minimum atomic E-state index is -1.32. The second-order valence-electron chi connectivity index (χ2n) is 8.88. The third-order valence-corrected chi connectivity index (χ3v) is 6.58. The summed E-state index contributed by atoms with van der Waals surface area (Å²) in [7, 11) is 0. The number of carboxylic acid groups (broad SMARTS) is 1. The Hall–Kier alpha value is -3.76. The molecule has 2 aromatic heterocycles. The van der Waals surface area contributed by atoms with Crippen LogP contribution in [0.15, 0.2) is 51.9 Å². The maximum atomic E-state index is 15.1. The quantitative estimate of drug-likeness (QED) is 0.402. The third kappa shape index (κ3) is 5.21. The molecule has 0 aliphatic carbocycles. The van der Waals surface area contributed by atoms with E-state index in [9.17, 15) is 14.7 Å². The van der Waals surface area contributed by atoms with Crippen LogP contribution in [0, 0.1) is 12.7 Å². The molecule has 4 aromatic rings. The van der Waals surface area contributed by atoms with Crippen LogP contribution in [0.1, 0.15) is 28.7 Å². The maximum absolute atomic E-state index is 15.1. The fourth-order valence-electron chi connectivity index (χ4n) is 4.64. The van der Waals surface area contributed by atoms with Crippen molar-refractivity contribution in [1.82, 2.24) is 19.6 Å². The first-order valence-corrected chi connectivity index (χ1v) is 11.8. The van der Waals surface area contributed by atoms with Crippen molar-refractivity contribution >= 4 is 35.0 Å². The molecule has 0 bridgehead atoms. The minimum Gasteiger partial charge on any atom is -0.477 e. The number of nitrogens with zero attached hydrogens (tertiary/aromatic N) is 5. The van der Waals surface area contributed by atoms with E-state index in [1.807, 2.05) is 36.1 Å². The third-order valence-electron chi connectivity index (χ3n) is 6.58. The minimum absolute atomic E-state index is 0. The van der Waals surface area contributed by atoms with Crippen LogP contribution in [0.4, 0.5) is 10.1 Å². The molecule has 0 spiro atoms. The van der Waals surface area contributed by atoms with Crippen molar-refractivity contribution in [3.05, 3.63) is 75.7 Å². The SMILES string of the molecule is CCn1cc(C(=O)O)c(=O)c2cc(F)c(N3CCN(Cc4ccc(-c5noc(C)n5)cc4)CC3)cc21.Cl. The lowest BCUT2D eigenvalue weighted by Gasteiger charge is -2.36. The van der Waals surface area contributed by atoms with Gasteiger partial charge in [-0.1, -0.05) is 29.4 Å². The number of aryl methyl sites for hydroxylation is 2. The lowest BCUT2D eigenvalue weighted by atomic mass is 10.1. The van der Waals surface area contributed by atoms with Crippen molar-refractivity contribution < 1.29 is 18.8 Å². The number of rotatable bonds is 6. The number of pyridine rings is 1. The molecule has 1 aliphatic rings. The van der Waals surface area contributed by atoms with Crippen LogP contribution in [0.25, 0.3) is 22.3 Å². The molecule has 2 aromatic carbocycles. The molecule has 1 N–H and O–H groups in total. The zero-order chi connectivity index (χ0) is 25.4. The molecule has 9 nitrogen and oxygen atoms in total. The van der Waals surface area contributed by atoms with Crippen LogP contribution in [-0.4, -0.2) is 56.9 Å². The molecule has 37 heavy (non-hydrogen) atoms.